The zero-order valence-electron chi connectivity index (χ0n) is 15.8. The van der Waals surface area contributed by atoms with Crippen LogP contribution in [0.1, 0.15) is 61.5 Å². The third-order valence-electron chi connectivity index (χ3n) is 3.22. The second kappa shape index (κ2) is 9.12. The van der Waals surface area contributed by atoms with Crippen molar-refractivity contribution in [3.8, 4) is 17.6 Å². The average Bonchev–Trinajstić information content (AvgIpc) is 2.51. The van der Waals surface area contributed by atoms with Crippen molar-refractivity contribution in [1.82, 2.24) is 0 Å². The molecule has 5 nitrogen and oxygen atoms in total. The highest BCUT2D eigenvalue weighted by atomic mass is 16.6. The van der Waals surface area contributed by atoms with Gasteiger partial charge in [0.2, 0.25) is 0 Å². The minimum absolute atomic E-state index is 0.220. The lowest BCUT2D eigenvalue weighted by atomic mass is 10.0. The molecule has 5 heteroatoms. The molecule has 0 spiro atoms. The fraction of sp³-hybridized carbons (Fsp3) is 0.500. The van der Waals surface area contributed by atoms with Crippen LogP contribution in [0.5, 0.6) is 5.75 Å². The third kappa shape index (κ3) is 6.88. The molecule has 0 aromatic heterocycles. The van der Waals surface area contributed by atoms with Crippen LogP contribution < -0.4 is 4.74 Å². The van der Waals surface area contributed by atoms with E-state index in [2.05, 4.69) is 11.8 Å². The van der Waals surface area contributed by atoms with Gasteiger partial charge in [0.15, 0.2) is 0 Å². The molecule has 25 heavy (non-hydrogen) atoms. The Morgan fingerprint density at radius 2 is 1.84 bits per heavy atom. The highest BCUT2D eigenvalue weighted by Crippen LogP contribution is 2.25. The summed E-state index contributed by atoms with van der Waals surface area (Å²) in [6.45, 7) is 7.37. The molecule has 0 heterocycles. The quantitative estimate of drug-likeness (QED) is 0.463. The van der Waals surface area contributed by atoms with E-state index in [1.54, 1.807) is 6.07 Å². The van der Waals surface area contributed by atoms with E-state index in [4.69, 9.17) is 14.2 Å². The van der Waals surface area contributed by atoms with Gasteiger partial charge < -0.3 is 14.2 Å². The lowest BCUT2D eigenvalue weighted by molar-refractivity contribution is -0.154. The standard InChI is InChI=1S/C20H26O5/c1-14-12-15(13-16(18(14)23-5)19(22)24-6)10-8-7-9-11-17(21)25-20(2,3)4/h12-13H,7,9,11H2,1-6H3. The van der Waals surface area contributed by atoms with E-state index >= 15 is 0 Å². The van der Waals surface area contributed by atoms with Gasteiger partial charge in [-0.05, 0) is 51.8 Å². The van der Waals surface area contributed by atoms with E-state index in [0.29, 0.717) is 36.1 Å². The van der Waals surface area contributed by atoms with Gasteiger partial charge in [-0.15, -0.1) is 0 Å². The first kappa shape index (κ1) is 20.6. The molecule has 1 aromatic carbocycles. The monoisotopic (exact) mass is 346 g/mol. The lowest BCUT2D eigenvalue weighted by Gasteiger charge is -2.19. The smallest absolute Gasteiger partial charge is 0.341 e. The second-order valence-electron chi connectivity index (χ2n) is 6.61. The molecule has 0 fully saturated rings. The fourth-order valence-electron chi connectivity index (χ4n) is 2.26. The van der Waals surface area contributed by atoms with E-state index in [-0.39, 0.29) is 5.97 Å². The SMILES string of the molecule is COC(=O)c1cc(C#CCCCC(=O)OC(C)(C)C)cc(C)c1OC. The van der Waals surface area contributed by atoms with Crippen LogP contribution in [0.3, 0.4) is 0 Å². The Morgan fingerprint density at radius 1 is 1.16 bits per heavy atom. The molecular weight excluding hydrogens is 320 g/mol. The number of unbranched alkanes of at least 4 members (excludes halogenated alkanes) is 1. The fourth-order valence-corrected chi connectivity index (χ4v) is 2.26. The molecule has 0 amide bonds. The summed E-state index contributed by atoms with van der Waals surface area (Å²) in [5.41, 5.74) is 1.40. The van der Waals surface area contributed by atoms with Crippen molar-refractivity contribution in [1.29, 1.82) is 0 Å². The Bertz CT molecular complexity index is 687. The van der Waals surface area contributed by atoms with Crippen molar-refractivity contribution >= 4 is 11.9 Å². The number of hydrogen-bond acceptors (Lipinski definition) is 5. The van der Waals surface area contributed by atoms with Gasteiger partial charge in [0, 0.05) is 18.4 Å². The molecule has 1 aromatic rings. The van der Waals surface area contributed by atoms with Crippen molar-refractivity contribution in [3.63, 3.8) is 0 Å². The third-order valence-corrected chi connectivity index (χ3v) is 3.22. The predicted octanol–water partition coefficient (Wildman–Crippen LogP) is 3.65. The molecule has 136 valence electrons. The van der Waals surface area contributed by atoms with Crippen molar-refractivity contribution in [2.24, 2.45) is 0 Å². The van der Waals surface area contributed by atoms with Gasteiger partial charge in [0.25, 0.3) is 0 Å². The number of ether oxygens (including phenoxy) is 3. The van der Waals surface area contributed by atoms with Gasteiger partial charge in [-0.3, -0.25) is 4.79 Å². The van der Waals surface area contributed by atoms with E-state index < -0.39 is 11.6 Å². The number of carbonyl (C=O) groups is 2. The maximum absolute atomic E-state index is 11.9. The van der Waals surface area contributed by atoms with Gasteiger partial charge in [-0.2, -0.15) is 0 Å². The van der Waals surface area contributed by atoms with Gasteiger partial charge in [-0.1, -0.05) is 11.8 Å². The molecule has 0 aliphatic carbocycles. The number of methoxy groups -OCH3 is 2. The van der Waals surface area contributed by atoms with E-state index in [0.717, 1.165) is 5.56 Å². The van der Waals surface area contributed by atoms with Crippen LogP contribution in [-0.4, -0.2) is 31.8 Å². The summed E-state index contributed by atoms with van der Waals surface area (Å²) in [5, 5.41) is 0. The Hall–Kier alpha value is -2.48. The molecular formula is C20H26O5. The van der Waals surface area contributed by atoms with Gasteiger partial charge in [0.05, 0.1) is 14.2 Å². The maximum Gasteiger partial charge on any atom is 0.341 e. The lowest BCUT2D eigenvalue weighted by Crippen LogP contribution is -2.23. The molecule has 0 aliphatic heterocycles. The van der Waals surface area contributed by atoms with Crippen molar-refractivity contribution in [2.75, 3.05) is 14.2 Å². The first-order valence-corrected chi connectivity index (χ1v) is 8.15. The van der Waals surface area contributed by atoms with Crippen LogP contribution in [0.4, 0.5) is 0 Å². The number of benzene rings is 1. The van der Waals surface area contributed by atoms with Crippen LogP contribution in [0.2, 0.25) is 0 Å². The zero-order valence-corrected chi connectivity index (χ0v) is 15.8. The molecule has 0 N–H and O–H groups in total. The van der Waals surface area contributed by atoms with Crippen LogP contribution in [0.25, 0.3) is 0 Å². The molecule has 0 saturated carbocycles. The second-order valence-corrected chi connectivity index (χ2v) is 6.61. The first-order chi connectivity index (χ1) is 11.7. The van der Waals surface area contributed by atoms with E-state index in [1.165, 1.54) is 14.2 Å². The predicted molar refractivity (Wildman–Crippen MR) is 95.6 cm³/mol. The molecule has 0 bridgehead atoms. The highest BCUT2D eigenvalue weighted by Gasteiger charge is 2.16. The van der Waals surface area contributed by atoms with Crippen LogP contribution in [0.15, 0.2) is 12.1 Å². The highest BCUT2D eigenvalue weighted by molar-refractivity contribution is 5.93. The van der Waals surface area contributed by atoms with Crippen LogP contribution >= 0.6 is 0 Å². The summed E-state index contributed by atoms with van der Waals surface area (Å²) in [6.07, 6.45) is 1.53. The summed E-state index contributed by atoms with van der Waals surface area (Å²) in [6, 6.07) is 3.50. The Labute approximate surface area is 149 Å². The van der Waals surface area contributed by atoms with E-state index in [1.807, 2.05) is 33.8 Å². The molecule has 0 aliphatic rings. The van der Waals surface area contributed by atoms with Crippen molar-refractivity contribution in [3.05, 3.63) is 28.8 Å². The first-order valence-electron chi connectivity index (χ1n) is 8.15. The molecule has 0 atom stereocenters. The van der Waals surface area contributed by atoms with E-state index in [9.17, 15) is 9.59 Å². The van der Waals surface area contributed by atoms with Crippen LogP contribution in [0, 0.1) is 18.8 Å². The number of aryl methyl sites for hydroxylation is 1. The Morgan fingerprint density at radius 3 is 2.40 bits per heavy atom. The largest absolute Gasteiger partial charge is 0.496 e. The van der Waals surface area contributed by atoms with Crippen molar-refractivity contribution in [2.45, 2.75) is 52.6 Å². The maximum atomic E-state index is 11.9. The summed E-state index contributed by atoms with van der Waals surface area (Å²) < 4.78 is 15.3. The molecule has 0 radical (unpaired) electrons. The van der Waals surface area contributed by atoms with Gasteiger partial charge >= 0.3 is 11.9 Å². The molecule has 0 unspecified atom stereocenters. The molecule has 1 rings (SSSR count). The number of hydrogen-bond donors (Lipinski definition) is 0. The normalized spacial score (nSPS) is 10.5. The van der Waals surface area contributed by atoms with Gasteiger partial charge in [0.1, 0.15) is 16.9 Å². The minimum atomic E-state index is -0.465. The summed E-state index contributed by atoms with van der Waals surface area (Å²) in [5.74, 6) is 5.83. The zero-order chi connectivity index (χ0) is 19.0. The minimum Gasteiger partial charge on any atom is -0.496 e. The van der Waals surface area contributed by atoms with Crippen molar-refractivity contribution < 1.29 is 23.8 Å². The van der Waals surface area contributed by atoms with Gasteiger partial charge in [-0.25, -0.2) is 4.79 Å². The van der Waals surface area contributed by atoms with Crippen LogP contribution in [-0.2, 0) is 14.3 Å². The Kier molecular flexibility index (Phi) is 7.50. The summed E-state index contributed by atoms with van der Waals surface area (Å²) in [7, 11) is 2.84. The summed E-state index contributed by atoms with van der Waals surface area (Å²) >= 11 is 0. The topological polar surface area (TPSA) is 61.8 Å². The number of carbonyl (C=O) groups excluding carboxylic acids is 2. The summed E-state index contributed by atoms with van der Waals surface area (Å²) in [4.78, 5) is 23.5. The molecule has 0 saturated heterocycles. The number of rotatable bonds is 5. The Balaban J connectivity index is 2.72. The average molecular weight is 346 g/mol. The number of esters is 2.